The molecule has 3 rings (SSSR count). The number of morpholine rings is 1. The molecule has 1 fully saturated rings. The minimum Gasteiger partial charge on any atom is -0.493 e. The van der Waals surface area contributed by atoms with E-state index in [0.29, 0.717) is 29.4 Å². The van der Waals surface area contributed by atoms with Gasteiger partial charge < -0.3 is 28.8 Å². The van der Waals surface area contributed by atoms with Gasteiger partial charge in [-0.1, -0.05) is 0 Å². The summed E-state index contributed by atoms with van der Waals surface area (Å²) in [7, 11) is 3.16. The molecule has 0 unspecified atom stereocenters. The molecule has 25 heavy (non-hydrogen) atoms. The zero-order chi connectivity index (χ0) is 17.8. The molecular weight excluding hydrogens is 324 g/mol. The van der Waals surface area contributed by atoms with Crippen LogP contribution in [0.15, 0.2) is 16.5 Å². The number of carbonyl (C=O) groups is 1. The van der Waals surface area contributed by atoms with Crippen LogP contribution in [-0.2, 0) is 4.74 Å². The van der Waals surface area contributed by atoms with Crippen molar-refractivity contribution in [2.24, 2.45) is 0 Å². The van der Waals surface area contributed by atoms with Crippen LogP contribution < -0.4 is 19.7 Å². The van der Waals surface area contributed by atoms with E-state index in [-0.39, 0.29) is 5.91 Å². The Morgan fingerprint density at radius 2 is 2.00 bits per heavy atom. The molecule has 1 aromatic heterocycles. The van der Waals surface area contributed by atoms with Crippen molar-refractivity contribution in [1.29, 1.82) is 0 Å². The van der Waals surface area contributed by atoms with Crippen molar-refractivity contribution in [1.82, 2.24) is 5.32 Å². The first-order valence-electron chi connectivity index (χ1n) is 8.49. The van der Waals surface area contributed by atoms with Crippen molar-refractivity contribution in [3.05, 3.63) is 23.5 Å². The van der Waals surface area contributed by atoms with Crippen LogP contribution in [0.1, 0.15) is 16.1 Å². The molecule has 0 spiro atoms. The summed E-state index contributed by atoms with van der Waals surface area (Å²) in [6.07, 6.45) is 0. The molecule has 0 bridgehead atoms. The first-order valence-corrected chi connectivity index (χ1v) is 8.49. The summed E-state index contributed by atoms with van der Waals surface area (Å²) in [6, 6.07) is 3.56. The molecule has 2 N–H and O–H groups in total. The topological polar surface area (TPSA) is 74.4 Å². The zero-order valence-corrected chi connectivity index (χ0v) is 14.9. The number of ether oxygens (including phenoxy) is 3. The minimum absolute atomic E-state index is 0.206. The number of nitrogens with one attached hydrogen (secondary N) is 2. The van der Waals surface area contributed by atoms with E-state index in [1.165, 1.54) is 4.90 Å². The lowest BCUT2D eigenvalue weighted by molar-refractivity contribution is -0.906. The van der Waals surface area contributed by atoms with E-state index in [4.69, 9.17) is 18.6 Å². The Hall–Kier alpha value is -2.25. The van der Waals surface area contributed by atoms with E-state index < -0.39 is 0 Å². The molecule has 1 aliphatic rings. The SMILES string of the molecule is COc1ccc2oc(C(=O)NCC[NH+]3CCOCC3)c(C)c2c1OC. The highest BCUT2D eigenvalue weighted by atomic mass is 16.5. The Morgan fingerprint density at radius 3 is 2.68 bits per heavy atom. The molecule has 0 radical (unpaired) electrons. The smallest absolute Gasteiger partial charge is 0.287 e. The van der Waals surface area contributed by atoms with Crippen LogP contribution in [0.3, 0.4) is 0 Å². The number of quaternary nitrogens is 1. The maximum atomic E-state index is 12.5. The molecule has 7 nitrogen and oxygen atoms in total. The van der Waals surface area contributed by atoms with Gasteiger partial charge in [0.15, 0.2) is 17.3 Å². The van der Waals surface area contributed by atoms with Gasteiger partial charge >= 0.3 is 0 Å². The third kappa shape index (κ3) is 3.57. The summed E-state index contributed by atoms with van der Waals surface area (Å²) < 4.78 is 21.9. The first kappa shape index (κ1) is 17.6. The van der Waals surface area contributed by atoms with Crippen LogP contribution in [0, 0.1) is 6.92 Å². The lowest BCUT2D eigenvalue weighted by Crippen LogP contribution is -3.14. The fourth-order valence-corrected chi connectivity index (χ4v) is 3.21. The number of hydrogen-bond donors (Lipinski definition) is 2. The molecule has 1 aromatic carbocycles. The molecule has 1 saturated heterocycles. The van der Waals surface area contributed by atoms with Gasteiger partial charge in [-0.2, -0.15) is 0 Å². The predicted molar refractivity (Wildman–Crippen MR) is 92.8 cm³/mol. The second-order valence-corrected chi connectivity index (χ2v) is 6.10. The summed E-state index contributed by atoms with van der Waals surface area (Å²) >= 11 is 0. The van der Waals surface area contributed by atoms with Crippen molar-refractivity contribution in [2.45, 2.75) is 6.92 Å². The summed E-state index contributed by atoms with van der Waals surface area (Å²) in [5.41, 5.74) is 1.36. The average Bonchev–Trinajstić information content (AvgIpc) is 2.98. The maximum Gasteiger partial charge on any atom is 0.287 e. The molecule has 1 aliphatic heterocycles. The number of methoxy groups -OCH3 is 2. The van der Waals surface area contributed by atoms with Gasteiger partial charge in [-0.05, 0) is 19.1 Å². The highest BCUT2D eigenvalue weighted by molar-refractivity contribution is 6.01. The molecule has 2 heterocycles. The lowest BCUT2D eigenvalue weighted by atomic mass is 10.1. The molecule has 7 heteroatoms. The zero-order valence-electron chi connectivity index (χ0n) is 14.9. The maximum absolute atomic E-state index is 12.5. The van der Waals surface area contributed by atoms with Crippen LogP contribution in [0.4, 0.5) is 0 Å². The van der Waals surface area contributed by atoms with Crippen molar-refractivity contribution >= 4 is 16.9 Å². The second-order valence-electron chi connectivity index (χ2n) is 6.10. The van der Waals surface area contributed by atoms with Gasteiger partial charge in [0.05, 0.1) is 45.9 Å². The Morgan fingerprint density at radius 1 is 1.24 bits per heavy atom. The third-order valence-corrected chi connectivity index (χ3v) is 4.61. The lowest BCUT2D eigenvalue weighted by Gasteiger charge is -2.23. The molecule has 0 atom stereocenters. The molecular formula is C18H25N2O5+. The van der Waals surface area contributed by atoms with E-state index in [1.54, 1.807) is 26.4 Å². The number of benzene rings is 1. The standard InChI is InChI=1S/C18H24N2O5/c1-12-15-13(4-5-14(22-2)17(15)23-3)25-16(12)18(21)19-6-7-20-8-10-24-11-9-20/h4-5H,6-11H2,1-3H3,(H,19,21)/p+1. The van der Waals surface area contributed by atoms with Crippen molar-refractivity contribution in [3.8, 4) is 11.5 Å². The van der Waals surface area contributed by atoms with Gasteiger partial charge in [-0.3, -0.25) is 4.79 Å². The molecule has 0 aliphatic carbocycles. The fourth-order valence-electron chi connectivity index (χ4n) is 3.21. The Balaban J connectivity index is 1.74. The number of fused-ring (bicyclic) bond motifs is 1. The third-order valence-electron chi connectivity index (χ3n) is 4.61. The summed E-state index contributed by atoms with van der Waals surface area (Å²) in [4.78, 5) is 14.0. The van der Waals surface area contributed by atoms with Crippen LogP contribution >= 0.6 is 0 Å². The molecule has 0 saturated carbocycles. The van der Waals surface area contributed by atoms with Gasteiger partial charge in [-0.25, -0.2) is 0 Å². The van der Waals surface area contributed by atoms with Gasteiger partial charge in [-0.15, -0.1) is 0 Å². The summed E-state index contributed by atoms with van der Waals surface area (Å²) in [5.74, 6) is 1.31. The van der Waals surface area contributed by atoms with E-state index >= 15 is 0 Å². The van der Waals surface area contributed by atoms with Crippen molar-refractivity contribution < 1.29 is 28.3 Å². The van der Waals surface area contributed by atoms with Crippen molar-refractivity contribution in [2.75, 3.05) is 53.6 Å². The molecule has 136 valence electrons. The monoisotopic (exact) mass is 349 g/mol. The van der Waals surface area contributed by atoms with Crippen LogP contribution in [0.5, 0.6) is 11.5 Å². The van der Waals surface area contributed by atoms with E-state index in [2.05, 4.69) is 5.32 Å². The Bertz CT molecular complexity index is 749. The van der Waals surface area contributed by atoms with E-state index in [9.17, 15) is 4.79 Å². The number of aryl methyl sites for hydroxylation is 1. The number of hydrogen-bond acceptors (Lipinski definition) is 5. The summed E-state index contributed by atoms with van der Waals surface area (Å²) in [6.45, 7) is 6.88. The van der Waals surface area contributed by atoms with Gasteiger partial charge in [0.25, 0.3) is 5.91 Å². The Kier molecular flexibility index (Phi) is 5.45. The van der Waals surface area contributed by atoms with Crippen LogP contribution in [0.2, 0.25) is 0 Å². The average molecular weight is 349 g/mol. The largest absolute Gasteiger partial charge is 0.493 e. The number of amides is 1. The van der Waals surface area contributed by atoms with Gasteiger partial charge in [0, 0.05) is 5.56 Å². The van der Waals surface area contributed by atoms with Crippen LogP contribution in [0.25, 0.3) is 11.0 Å². The van der Waals surface area contributed by atoms with Gasteiger partial charge in [0.1, 0.15) is 18.7 Å². The number of rotatable bonds is 6. The normalized spacial score (nSPS) is 15.3. The van der Waals surface area contributed by atoms with E-state index in [1.807, 2.05) is 6.92 Å². The van der Waals surface area contributed by atoms with Crippen LogP contribution in [-0.4, -0.2) is 59.5 Å². The molecule has 2 aromatic rings. The quantitative estimate of drug-likeness (QED) is 0.790. The number of carbonyl (C=O) groups excluding carboxylic acids is 1. The summed E-state index contributed by atoms with van der Waals surface area (Å²) in [5, 5.41) is 3.72. The fraction of sp³-hybridized carbons (Fsp3) is 0.500. The number of furan rings is 1. The predicted octanol–water partition coefficient (Wildman–Crippen LogP) is 0.403. The highest BCUT2D eigenvalue weighted by Crippen LogP contribution is 2.39. The Labute approximate surface area is 146 Å². The van der Waals surface area contributed by atoms with Crippen molar-refractivity contribution in [3.63, 3.8) is 0 Å². The highest BCUT2D eigenvalue weighted by Gasteiger charge is 2.22. The van der Waals surface area contributed by atoms with E-state index in [0.717, 1.165) is 43.8 Å². The second kappa shape index (κ2) is 7.76. The van der Waals surface area contributed by atoms with Gasteiger partial charge in [0.2, 0.25) is 0 Å². The first-order chi connectivity index (χ1) is 12.2. The minimum atomic E-state index is -0.206. The molecule has 1 amide bonds.